The van der Waals surface area contributed by atoms with Crippen LogP contribution < -0.4 is 10.6 Å². The molecule has 2 aliphatic rings. The first kappa shape index (κ1) is 30.5. The van der Waals surface area contributed by atoms with Crippen LogP contribution in [0.3, 0.4) is 0 Å². The van der Waals surface area contributed by atoms with Gasteiger partial charge in [0, 0.05) is 48.8 Å². The molecule has 1 atom stereocenters. The highest BCUT2D eigenvalue weighted by atomic mass is 16.2. The second-order valence-corrected chi connectivity index (χ2v) is 13.1. The standard InChI is InChI=1S/C34H45N3O4/c1-6-27(37-21-10-14-28(37)38)33(5)22-34(23-33,32(2,3)4)31(41)36-20-11-19-35-30(40)26-17-15-25(16-18-26)29(39)24-12-8-7-9-13-24/h7-9,12-13,15-18,27H,6,10-11,14,19-23H2,1-5H3,(H,35,40)(H,36,41). The number of hydrogen-bond donors (Lipinski definition) is 2. The summed E-state index contributed by atoms with van der Waals surface area (Å²) in [5.41, 5.74) is 0.855. The number of ketones is 1. The van der Waals surface area contributed by atoms with Crippen molar-refractivity contribution >= 4 is 23.5 Å². The van der Waals surface area contributed by atoms with Crippen molar-refractivity contribution in [2.24, 2.45) is 16.2 Å². The molecule has 4 rings (SSSR count). The van der Waals surface area contributed by atoms with E-state index in [1.54, 1.807) is 36.4 Å². The lowest BCUT2D eigenvalue weighted by atomic mass is 9.43. The molecule has 0 radical (unpaired) electrons. The summed E-state index contributed by atoms with van der Waals surface area (Å²) in [5, 5.41) is 6.05. The lowest BCUT2D eigenvalue weighted by molar-refractivity contribution is -0.175. The summed E-state index contributed by atoms with van der Waals surface area (Å²) >= 11 is 0. The van der Waals surface area contributed by atoms with Gasteiger partial charge in [-0.15, -0.1) is 0 Å². The number of nitrogens with one attached hydrogen (secondary N) is 2. The van der Waals surface area contributed by atoms with Crippen LogP contribution in [0.4, 0.5) is 0 Å². The fourth-order valence-electron chi connectivity index (χ4n) is 6.97. The van der Waals surface area contributed by atoms with Crippen LogP contribution in [-0.4, -0.2) is 54.1 Å². The molecule has 1 unspecified atom stereocenters. The molecule has 1 aliphatic heterocycles. The Labute approximate surface area is 244 Å². The molecule has 7 nitrogen and oxygen atoms in total. The van der Waals surface area contributed by atoms with Gasteiger partial charge in [0.15, 0.2) is 5.78 Å². The maximum atomic E-state index is 13.6. The highest BCUT2D eigenvalue weighted by Gasteiger charge is 2.64. The van der Waals surface area contributed by atoms with Crippen molar-refractivity contribution in [1.29, 1.82) is 0 Å². The number of carbonyl (C=O) groups excluding carboxylic acids is 4. The second kappa shape index (κ2) is 12.2. The summed E-state index contributed by atoms with van der Waals surface area (Å²) in [4.78, 5) is 53.3. The van der Waals surface area contributed by atoms with Gasteiger partial charge in [-0.1, -0.05) is 77.1 Å². The number of benzene rings is 2. The van der Waals surface area contributed by atoms with E-state index in [4.69, 9.17) is 0 Å². The summed E-state index contributed by atoms with van der Waals surface area (Å²) < 4.78 is 0. The summed E-state index contributed by atoms with van der Waals surface area (Å²) in [5.74, 6) is 0.0189. The number of nitrogens with zero attached hydrogens (tertiary/aromatic N) is 1. The monoisotopic (exact) mass is 559 g/mol. The van der Waals surface area contributed by atoms with E-state index in [1.165, 1.54) is 0 Å². The maximum Gasteiger partial charge on any atom is 0.251 e. The first-order chi connectivity index (χ1) is 19.4. The first-order valence-corrected chi connectivity index (χ1v) is 15.0. The van der Waals surface area contributed by atoms with E-state index in [9.17, 15) is 19.2 Å². The quantitative estimate of drug-likeness (QED) is 0.285. The molecule has 2 fully saturated rings. The van der Waals surface area contributed by atoms with Crippen molar-refractivity contribution in [3.63, 3.8) is 0 Å². The first-order valence-electron chi connectivity index (χ1n) is 15.0. The molecule has 7 heteroatoms. The molecule has 220 valence electrons. The number of likely N-dealkylation sites (tertiary alicyclic amines) is 1. The average Bonchev–Trinajstić information content (AvgIpc) is 3.36. The van der Waals surface area contributed by atoms with Gasteiger partial charge in [-0.3, -0.25) is 19.2 Å². The Morgan fingerprint density at radius 2 is 1.49 bits per heavy atom. The molecule has 2 N–H and O–H groups in total. The molecule has 41 heavy (non-hydrogen) atoms. The zero-order chi connectivity index (χ0) is 29.8. The van der Waals surface area contributed by atoms with E-state index in [0.717, 1.165) is 32.2 Å². The van der Waals surface area contributed by atoms with Gasteiger partial charge in [-0.05, 0) is 55.1 Å². The van der Waals surface area contributed by atoms with Crippen LogP contribution in [0.15, 0.2) is 54.6 Å². The van der Waals surface area contributed by atoms with E-state index in [1.807, 2.05) is 18.2 Å². The Bertz CT molecular complexity index is 1260. The van der Waals surface area contributed by atoms with Crippen LogP contribution >= 0.6 is 0 Å². The van der Waals surface area contributed by atoms with E-state index in [2.05, 4.69) is 50.2 Å². The summed E-state index contributed by atoms with van der Waals surface area (Å²) in [6.45, 7) is 12.5. The lowest BCUT2D eigenvalue weighted by Gasteiger charge is -2.63. The molecule has 1 saturated carbocycles. The van der Waals surface area contributed by atoms with Gasteiger partial charge in [-0.25, -0.2) is 0 Å². The smallest absolute Gasteiger partial charge is 0.251 e. The van der Waals surface area contributed by atoms with Gasteiger partial charge in [0.1, 0.15) is 0 Å². The molecule has 0 bridgehead atoms. The summed E-state index contributed by atoms with van der Waals surface area (Å²) in [7, 11) is 0. The number of carbonyl (C=O) groups is 4. The van der Waals surface area contributed by atoms with E-state index in [-0.39, 0.29) is 40.4 Å². The minimum atomic E-state index is -0.486. The molecular weight excluding hydrogens is 514 g/mol. The van der Waals surface area contributed by atoms with Crippen LogP contribution in [0, 0.1) is 16.2 Å². The van der Waals surface area contributed by atoms with Gasteiger partial charge < -0.3 is 15.5 Å². The van der Waals surface area contributed by atoms with Crippen molar-refractivity contribution in [3.05, 3.63) is 71.3 Å². The van der Waals surface area contributed by atoms with Crippen LogP contribution in [0.2, 0.25) is 0 Å². The fraction of sp³-hybridized carbons (Fsp3) is 0.529. The van der Waals surface area contributed by atoms with E-state index in [0.29, 0.717) is 42.6 Å². The van der Waals surface area contributed by atoms with Crippen LogP contribution in [0.1, 0.15) is 99.4 Å². The molecule has 0 spiro atoms. The van der Waals surface area contributed by atoms with Gasteiger partial charge in [0.05, 0.1) is 5.41 Å². The Hall–Kier alpha value is -3.48. The Morgan fingerprint density at radius 3 is 2.05 bits per heavy atom. The minimum absolute atomic E-state index is 0.0649. The highest BCUT2D eigenvalue weighted by molar-refractivity contribution is 6.09. The van der Waals surface area contributed by atoms with E-state index < -0.39 is 5.41 Å². The SMILES string of the molecule is CCC(N1CCCC1=O)C1(C)CC(C(=O)NCCCNC(=O)c2ccc(C(=O)c3ccccc3)cc2)(C(C)(C)C)C1. The molecule has 1 saturated heterocycles. The third kappa shape index (κ3) is 6.24. The normalized spacial score (nSPS) is 23.0. The number of hydrogen-bond acceptors (Lipinski definition) is 4. The Balaban J connectivity index is 1.26. The van der Waals surface area contributed by atoms with E-state index >= 15 is 0 Å². The highest BCUT2D eigenvalue weighted by Crippen LogP contribution is 2.65. The maximum absolute atomic E-state index is 13.6. The Kier molecular flexibility index (Phi) is 9.05. The topological polar surface area (TPSA) is 95.6 Å². The molecule has 2 aromatic carbocycles. The van der Waals surface area contributed by atoms with Crippen molar-refractivity contribution in [1.82, 2.24) is 15.5 Å². The van der Waals surface area contributed by atoms with Gasteiger partial charge in [-0.2, -0.15) is 0 Å². The number of rotatable bonds is 11. The zero-order valence-electron chi connectivity index (χ0n) is 25.2. The molecular formula is C34H45N3O4. The van der Waals surface area contributed by atoms with Crippen LogP contribution in [0.5, 0.6) is 0 Å². The van der Waals surface area contributed by atoms with Crippen molar-refractivity contribution in [3.8, 4) is 0 Å². The van der Waals surface area contributed by atoms with Crippen molar-refractivity contribution in [2.45, 2.75) is 79.2 Å². The fourth-order valence-corrected chi connectivity index (χ4v) is 6.97. The average molecular weight is 560 g/mol. The minimum Gasteiger partial charge on any atom is -0.356 e. The molecule has 1 aliphatic carbocycles. The molecule has 2 aromatic rings. The van der Waals surface area contributed by atoms with Gasteiger partial charge in [0.25, 0.3) is 5.91 Å². The predicted molar refractivity (Wildman–Crippen MR) is 161 cm³/mol. The largest absolute Gasteiger partial charge is 0.356 e. The lowest BCUT2D eigenvalue weighted by Crippen LogP contribution is -2.65. The Morgan fingerprint density at radius 1 is 0.902 bits per heavy atom. The predicted octanol–water partition coefficient (Wildman–Crippen LogP) is 5.39. The van der Waals surface area contributed by atoms with Crippen LogP contribution in [0.25, 0.3) is 0 Å². The third-order valence-electron chi connectivity index (χ3n) is 9.33. The van der Waals surface area contributed by atoms with Crippen molar-refractivity contribution in [2.75, 3.05) is 19.6 Å². The second-order valence-electron chi connectivity index (χ2n) is 13.1. The summed E-state index contributed by atoms with van der Waals surface area (Å²) in [6, 6.07) is 15.9. The van der Waals surface area contributed by atoms with Crippen molar-refractivity contribution < 1.29 is 19.2 Å². The third-order valence-corrected chi connectivity index (χ3v) is 9.33. The number of amides is 3. The van der Waals surface area contributed by atoms with Crippen LogP contribution in [-0.2, 0) is 9.59 Å². The zero-order valence-corrected chi connectivity index (χ0v) is 25.2. The van der Waals surface area contributed by atoms with Gasteiger partial charge in [0.2, 0.25) is 11.8 Å². The summed E-state index contributed by atoms with van der Waals surface area (Å²) in [6.07, 6.45) is 4.59. The molecule has 0 aromatic heterocycles. The molecule has 3 amide bonds. The molecule has 1 heterocycles. The van der Waals surface area contributed by atoms with Gasteiger partial charge >= 0.3 is 0 Å².